The van der Waals surface area contributed by atoms with Gasteiger partial charge in [0.1, 0.15) is 11.6 Å². The van der Waals surface area contributed by atoms with Crippen molar-refractivity contribution >= 4 is 17.7 Å². The van der Waals surface area contributed by atoms with Crippen molar-refractivity contribution in [3.8, 4) is 0 Å². The molecule has 0 spiro atoms. The lowest BCUT2D eigenvalue weighted by Gasteiger charge is -2.24. The minimum absolute atomic E-state index is 0.263. The predicted octanol–water partition coefficient (Wildman–Crippen LogP) is 1.63. The summed E-state index contributed by atoms with van der Waals surface area (Å²) in [5.41, 5.74) is -0.909. The molecule has 6 nitrogen and oxygen atoms in total. The van der Waals surface area contributed by atoms with Crippen LogP contribution in [-0.2, 0) is 4.79 Å². The van der Waals surface area contributed by atoms with E-state index in [1.165, 1.54) is 13.1 Å². The van der Waals surface area contributed by atoms with Gasteiger partial charge in [0.25, 0.3) is 0 Å². The highest BCUT2D eigenvalue weighted by molar-refractivity contribution is 5.89. The monoisotopic (exact) mass is 283 g/mol. The number of hydrogen-bond acceptors (Lipinski definition) is 4. The molecule has 110 valence electrons. The van der Waals surface area contributed by atoms with E-state index in [1.54, 1.807) is 0 Å². The number of carbonyl (C=O) groups excluding carboxylic acids is 1. The Morgan fingerprint density at radius 2 is 2.00 bits per heavy atom. The number of nitrogens with one attached hydrogen (secondary N) is 2. The molecule has 1 rings (SSSR count). The number of nitrogens with zero attached hydrogens (tertiary/aromatic N) is 1. The van der Waals surface area contributed by atoms with Crippen molar-refractivity contribution in [2.45, 2.75) is 39.3 Å². The molecule has 1 unspecified atom stereocenters. The third-order valence-electron chi connectivity index (χ3n) is 2.36. The van der Waals surface area contributed by atoms with Crippen LogP contribution in [0.4, 0.5) is 10.2 Å². The first-order valence-corrected chi connectivity index (χ1v) is 6.08. The molecule has 1 atom stereocenters. The van der Waals surface area contributed by atoms with E-state index in [0.29, 0.717) is 0 Å². The van der Waals surface area contributed by atoms with E-state index < -0.39 is 28.9 Å². The van der Waals surface area contributed by atoms with Crippen LogP contribution in [0.25, 0.3) is 0 Å². The molecule has 7 heteroatoms. The van der Waals surface area contributed by atoms with Crippen LogP contribution in [0.5, 0.6) is 0 Å². The number of amides is 1. The largest absolute Gasteiger partial charge is 0.478 e. The summed E-state index contributed by atoms with van der Waals surface area (Å²) in [5.74, 6) is -2.98. The summed E-state index contributed by atoms with van der Waals surface area (Å²) in [6, 6.07) is 0.309. The van der Waals surface area contributed by atoms with E-state index in [4.69, 9.17) is 5.11 Å². The Labute approximate surface area is 116 Å². The van der Waals surface area contributed by atoms with E-state index in [9.17, 15) is 14.0 Å². The fraction of sp³-hybridized carbons (Fsp3) is 0.462. The summed E-state index contributed by atoms with van der Waals surface area (Å²) in [5, 5.41) is 14.1. The lowest BCUT2D eigenvalue weighted by molar-refractivity contribution is -0.122. The van der Waals surface area contributed by atoms with E-state index in [0.717, 1.165) is 6.07 Å². The number of hydrogen-bond donors (Lipinski definition) is 3. The number of rotatable bonds is 4. The molecule has 0 aliphatic heterocycles. The van der Waals surface area contributed by atoms with Gasteiger partial charge in [0.15, 0.2) is 11.6 Å². The molecule has 1 heterocycles. The van der Waals surface area contributed by atoms with Gasteiger partial charge in [-0.2, -0.15) is 0 Å². The zero-order valence-corrected chi connectivity index (χ0v) is 11.8. The highest BCUT2D eigenvalue weighted by Crippen LogP contribution is 2.16. The lowest BCUT2D eigenvalue weighted by atomic mass is 10.1. The molecule has 3 N–H and O–H groups in total. The van der Waals surface area contributed by atoms with Crippen molar-refractivity contribution in [2.24, 2.45) is 0 Å². The molecule has 1 aromatic heterocycles. The second kappa shape index (κ2) is 5.85. The Morgan fingerprint density at radius 1 is 1.40 bits per heavy atom. The molecule has 1 aromatic rings. The Morgan fingerprint density at radius 3 is 2.50 bits per heavy atom. The smallest absolute Gasteiger partial charge is 0.338 e. The number of aromatic nitrogens is 1. The molecule has 0 aliphatic carbocycles. The minimum Gasteiger partial charge on any atom is -0.478 e. The highest BCUT2D eigenvalue weighted by atomic mass is 19.1. The van der Waals surface area contributed by atoms with Gasteiger partial charge < -0.3 is 15.7 Å². The van der Waals surface area contributed by atoms with Crippen LogP contribution >= 0.6 is 0 Å². The first-order chi connectivity index (χ1) is 9.11. The molecule has 0 aromatic carbocycles. The van der Waals surface area contributed by atoms with Crippen LogP contribution < -0.4 is 10.6 Å². The molecule has 0 fully saturated rings. The second-order valence-corrected chi connectivity index (χ2v) is 5.43. The fourth-order valence-electron chi connectivity index (χ4n) is 1.46. The molecule has 0 radical (unpaired) electrons. The van der Waals surface area contributed by atoms with Crippen molar-refractivity contribution in [3.63, 3.8) is 0 Å². The van der Waals surface area contributed by atoms with Gasteiger partial charge >= 0.3 is 5.97 Å². The zero-order chi connectivity index (χ0) is 15.5. The molecular formula is C13H18FN3O3. The van der Waals surface area contributed by atoms with Crippen LogP contribution in [-0.4, -0.2) is 33.5 Å². The van der Waals surface area contributed by atoms with Crippen molar-refractivity contribution in [1.82, 2.24) is 10.3 Å². The molecule has 1 amide bonds. The van der Waals surface area contributed by atoms with Crippen LogP contribution in [0.15, 0.2) is 12.3 Å². The number of carboxylic acid groups (broad SMARTS) is 1. The molecular weight excluding hydrogens is 265 g/mol. The third kappa shape index (κ3) is 4.18. The average molecular weight is 283 g/mol. The maximum absolute atomic E-state index is 13.8. The van der Waals surface area contributed by atoms with Gasteiger partial charge in [-0.3, -0.25) is 4.79 Å². The van der Waals surface area contributed by atoms with Gasteiger partial charge in [0.05, 0.1) is 0 Å². The van der Waals surface area contributed by atoms with Gasteiger partial charge in [-0.25, -0.2) is 14.2 Å². The second-order valence-electron chi connectivity index (χ2n) is 5.43. The SMILES string of the molecule is CC(Nc1nccc(C(=O)O)c1F)C(=O)NC(C)(C)C. The van der Waals surface area contributed by atoms with E-state index >= 15 is 0 Å². The molecule has 0 saturated heterocycles. The van der Waals surface area contributed by atoms with Gasteiger partial charge in [-0.1, -0.05) is 0 Å². The van der Waals surface area contributed by atoms with Gasteiger partial charge in [0, 0.05) is 11.7 Å². The van der Waals surface area contributed by atoms with Gasteiger partial charge in [-0.05, 0) is 33.8 Å². The average Bonchev–Trinajstić information content (AvgIpc) is 2.29. The van der Waals surface area contributed by atoms with Crippen molar-refractivity contribution < 1.29 is 19.1 Å². The Kier molecular flexibility index (Phi) is 4.65. The quantitative estimate of drug-likeness (QED) is 0.781. The zero-order valence-electron chi connectivity index (χ0n) is 11.8. The fourth-order valence-corrected chi connectivity index (χ4v) is 1.46. The van der Waals surface area contributed by atoms with E-state index in [-0.39, 0.29) is 11.7 Å². The summed E-state index contributed by atoms with van der Waals surface area (Å²) < 4.78 is 13.8. The summed E-state index contributed by atoms with van der Waals surface area (Å²) in [4.78, 5) is 26.4. The van der Waals surface area contributed by atoms with E-state index in [2.05, 4.69) is 15.6 Å². The molecule has 0 aliphatic rings. The van der Waals surface area contributed by atoms with Crippen LogP contribution in [0, 0.1) is 5.82 Å². The molecule has 20 heavy (non-hydrogen) atoms. The Balaban J connectivity index is 2.86. The standard InChI is InChI=1S/C13H18FN3O3/c1-7(11(18)17-13(2,3)4)16-10-9(14)8(12(19)20)5-6-15-10/h5-7H,1-4H3,(H,15,16)(H,17,18)(H,19,20). The maximum atomic E-state index is 13.8. The first kappa shape index (κ1) is 15.9. The Hall–Kier alpha value is -2.18. The summed E-state index contributed by atoms with van der Waals surface area (Å²) in [6.45, 7) is 7.00. The number of halogens is 1. The summed E-state index contributed by atoms with van der Waals surface area (Å²) in [7, 11) is 0. The van der Waals surface area contributed by atoms with Crippen molar-refractivity contribution in [2.75, 3.05) is 5.32 Å². The first-order valence-electron chi connectivity index (χ1n) is 6.08. The number of carboxylic acids is 1. The van der Waals surface area contributed by atoms with Crippen molar-refractivity contribution in [3.05, 3.63) is 23.6 Å². The van der Waals surface area contributed by atoms with Gasteiger partial charge in [0.2, 0.25) is 5.91 Å². The van der Waals surface area contributed by atoms with Gasteiger partial charge in [-0.15, -0.1) is 0 Å². The number of carbonyl (C=O) groups is 2. The number of aromatic carboxylic acids is 1. The Bertz CT molecular complexity index is 526. The van der Waals surface area contributed by atoms with Crippen LogP contribution in [0.2, 0.25) is 0 Å². The molecule has 0 saturated carbocycles. The van der Waals surface area contributed by atoms with Crippen molar-refractivity contribution in [1.29, 1.82) is 0 Å². The summed E-state index contributed by atoms with van der Waals surface area (Å²) in [6.07, 6.45) is 1.17. The highest BCUT2D eigenvalue weighted by Gasteiger charge is 2.22. The van der Waals surface area contributed by atoms with Crippen LogP contribution in [0.3, 0.4) is 0 Å². The summed E-state index contributed by atoms with van der Waals surface area (Å²) >= 11 is 0. The lowest BCUT2D eigenvalue weighted by Crippen LogP contribution is -2.47. The number of pyridine rings is 1. The molecule has 0 bridgehead atoms. The third-order valence-corrected chi connectivity index (χ3v) is 2.36. The van der Waals surface area contributed by atoms with Crippen LogP contribution in [0.1, 0.15) is 38.1 Å². The normalized spacial score (nSPS) is 12.7. The maximum Gasteiger partial charge on any atom is 0.338 e. The van der Waals surface area contributed by atoms with E-state index in [1.807, 2.05) is 20.8 Å². The minimum atomic E-state index is -1.39. The number of anilines is 1. The topological polar surface area (TPSA) is 91.3 Å². The predicted molar refractivity (Wildman–Crippen MR) is 72.1 cm³/mol.